The summed E-state index contributed by atoms with van der Waals surface area (Å²) >= 11 is 0. The molecular formula is C25H30N4O3. The van der Waals surface area contributed by atoms with E-state index in [1.54, 1.807) is 53.4 Å². The minimum atomic E-state index is -0.310. The number of anilines is 2. The predicted molar refractivity (Wildman–Crippen MR) is 125 cm³/mol. The molecule has 0 spiro atoms. The number of ether oxygens (including phenoxy) is 1. The first-order valence-electron chi connectivity index (χ1n) is 11.0. The Bertz CT molecular complexity index is 975. The van der Waals surface area contributed by atoms with Crippen molar-refractivity contribution in [1.29, 1.82) is 5.26 Å². The zero-order valence-corrected chi connectivity index (χ0v) is 18.6. The number of piperidine rings is 1. The lowest BCUT2D eigenvalue weighted by molar-refractivity contribution is 0.0112. The van der Waals surface area contributed by atoms with Gasteiger partial charge >= 0.3 is 6.03 Å². The number of amides is 3. The summed E-state index contributed by atoms with van der Waals surface area (Å²) in [4.78, 5) is 27.0. The summed E-state index contributed by atoms with van der Waals surface area (Å²) in [5.41, 5.74) is 1.99. The van der Waals surface area contributed by atoms with Crippen LogP contribution in [0.3, 0.4) is 0 Å². The summed E-state index contributed by atoms with van der Waals surface area (Å²) in [5, 5.41) is 14.7. The number of nitriles is 1. The molecule has 0 atom stereocenters. The van der Waals surface area contributed by atoms with E-state index in [0.29, 0.717) is 41.5 Å². The molecule has 32 heavy (non-hydrogen) atoms. The van der Waals surface area contributed by atoms with Crippen LogP contribution in [0, 0.1) is 17.2 Å². The number of hydrogen-bond acceptors (Lipinski definition) is 4. The standard InChI is InChI=1S/C25H30N4O3/c1-18(2)11-14-32-23-9-12-29(13-10-23)25(31)28-22-8-4-6-20(16-22)24(30)27-21-7-3-5-19(15-21)17-26/h3-8,15-16,18,23H,9-14H2,1-2H3,(H,27,30)(H,28,31). The van der Waals surface area contributed by atoms with Gasteiger partial charge in [-0.05, 0) is 61.6 Å². The zero-order chi connectivity index (χ0) is 22.9. The molecular weight excluding hydrogens is 404 g/mol. The van der Waals surface area contributed by atoms with E-state index in [4.69, 9.17) is 10.00 Å². The third-order valence-electron chi connectivity index (χ3n) is 5.40. The molecule has 2 N–H and O–H groups in total. The molecule has 1 heterocycles. The van der Waals surface area contributed by atoms with Crippen molar-refractivity contribution in [2.45, 2.75) is 39.2 Å². The van der Waals surface area contributed by atoms with Gasteiger partial charge in [0, 0.05) is 36.6 Å². The average Bonchev–Trinajstić information content (AvgIpc) is 2.79. The maximum atomic E-state index is 12.7. The summed E-state index contributed by atoms with van der Waals surface area (Å²) in [6, 6.07) is 15.4. The van der Waals surface area contributed by atoms with Crippen molar-refractivity contribution in [2.24, 2.45) is 5.92 Å². The van der Waals surface area contributed by atoms with Crippen LogP contribution in [-0.4, -0.2) is 42.6 Å². The fourth-order valence-corrected chi connectivity index (χ4v) is 3.51. The molecule has 2 aromatic rings. The Balaban J connectivity index is 1.51. The smallest absolute Gasteiger partial charge is 0.321 e. The third kappa shape index (κ3) is 6.82. The Morgan fingerprint density at radius 2 is 1.78 bits per heavy atom. The second-order valence-electron chi connectivity index (χ2n) is 8.40. The van der Waals surface area contributed by atoms with Crippen molar-refractivity contribution in [3.63, 3.8) is 0 Å². The van der Waals surface area contributed by atoms with Crippen molar-refractivity contribution in [3.8, 4) is 6.07 Å². The van der Waals surface area contributed by atoms with Crippen molar-refractivity contribution >= 4 is 23.3 Å². The number of nitrogens with zero attached hydrogens (tertiary/aromatic N) is 2. The lowest BCUT2D eigenvalue weighted by Crippen LogP contribution is -2.43. The number of carbonyl (C=O) groups excluding carboxylic acids is 2. The molecule has 0 bridgehead atoms. The predicted octanol–water partition coefficient (Wildman–Crippen LogP) is 4.87. The Kier molecular flexibility index (Phi) is 8.23. The lowest BCUT2D eigenvalue weighted by Gasteiger charge is -2.32. The molecule has 0 saturated carbocycles. The lowest BCUT2D eigenvalue weighted by atomic mass is 10.1. The molecule has 7 nitrogen and oxygen atoms in total. The molecule has 1 saturated heterocycles. The molecule has 1 aliphatic rings. The van der Waals surface area contributed by atoms with Gasteiger partial charge in [-0.1, -0.05) is 26.0 Å². The number of rotatable bonds is 7. The Morgan fingerprint density at radius 3 is 2.47 bits per heavy atom. The maximum absolute atomic E-state index is 12.7. The van der Waals surface area contributed by atoms with Gasteiger partial charge in [0.2, 0.25) is 0 Å². The Morgan fingerprint density at radius 1 is 1.09 bits per heavy atom. The second-order valence-corrected chi connectivity index (χ2v) is 8.40. The number of likely N-dealkylation sites (tertiary alicyclic amines) is 1. The third-order valence-corrected chi connectivity index (χ3v) is 5.40. The topological polar surface area (TPSA) is 94.5 Å². The van der Waals surface area contributed by atoms with Crippen molar-refractivity contribution in [1.82, 2.24) is 4.90 Å². The van der Waals surface area contributed by atoms with Crippen LogP contribution in [-0.2, 0) is 4.74 Å². The van der Waals surface area contributed by atoms with Gasteiger partial charge in [-0.25, -0.2) is 4.79 Å². The van der Waals surface area contributed by atoms with Gasteiger partial charge in [0.1, 0.15) is 0 Å². The van der Waals surface area contributed by atoms with Crippen LogP contribution < -0.4 is 10.6 Å². The molecule has 3 amide bonds. The second kappa shape index (κ2) is 11.3. The van der Waals surface area contributed by atoms with E-state index in [0.717, 1.165) is 25.9 Å². The van der Waals surface area contributed by atoms with Gasteiger partial charge in [0.15, 0.2) is 0 Å². The zero-order valence-electron chi connectivity index (χ0n) is 18.6. The highest BCUT2D eigenvalue weighted by molar-refractivity contribution is 6.05. The van der Waals surface area contributed by atoms with Crippen LogP contribution in [0.15, 0.2) is 48.5 Å². The Hall–Kier alpha value is -3.37. The van der Waals surface area contributed by atoms with E-state index in [1.165, 1.54) is 0 Å². The van der Waals surface area contributed by atoms with Gasteiger partial charge in [-0.3, -0.25) is 4.79 Å². The van der Waals surface area contributed by atoms with Crippen LogP contribution in [0.5, 0.6) is 0 Å². The minimum absolute atomic E-state index is 0.176. The molecule has 2 aromatic carbocycles. The van der Waals surface area contributed by atoms with Crippen LogP contribution >= 0.6 is 0 Å². The molecule has 0 aromatic heterocycles. The molecule has 0 aliphatic carbocycles. The fourth-order valence-electron chi connectivity index (χ4n) is 3.51. The largest absolute Gasteiger partial charge is 0.378 e. The SMILES string of the molecule is CC(C)CCOC1CCN(C(=O)Nc2cccc(C(=O)Nc3cccc(C#N)c3)c2)CC1. The summed E-state index contributed by atoms with van der Waals surface area (Å²) < 4.78 is 5.92. The van der Waals surface area contributed by atoms with E-state index in [1.807, 2.05) is 6.07 Å². The quantitative estimate of drug-likeness (QED) is 0.650. The van der Waals surface area contributed by atoms with Crippen LogP contribution in [0.4, 0.5) is 16.2 Å². The molecule has 0 radical (unpaired) electrons. The monoisotopic (exact) mass is 434 g/mol. The van der Waals surface area contributed by atoms with E-state index in [9.17, 15) is 9.59 Å². The van der Waals surface area contributed by atoms with Crippen molar-refractivity contribution < 1.29 is 14.3 Å². The highest BCUT2D eigenvalue weighted by Gasteiger charge is 2.23. The average molecular weight is 435 g/mol. The Labute approximate surface area is 189 Å². The minimum Gasteiger partial charge on any atom is -0.378 e. The first-order chi connectivity index (χ1) is 15.4. The van der Waals surface area contributed by atoms with E-state index >= 15 is 0 Å². The highest BCUT2D eigenvalue weighted by Crippen LogP contribution is 2.18. The van der Waals surface area contributed by atoms with Gasteiger partial charge in [0.25, 0.3) is 5.91 Å². The molecule has 0 unspecified atom stereocenters. The molecule has 7 heteroatoms. The van der Waals surface area contributed by atoms with Crippen molar-refractivity contribution in [2.75, 3.05) is 30.3 Å². The first kappa shape index (κ1) is 23.3. The first-order valence-corrected chi connectivity index (χ1v) is 11.0. The van der Waals surface area contributed by atoms with Crippen LogP contribution in [0.25, 0.3) is 0 Å². The summed E-state index contributed by atoms with van der Waals surface area (Å²) in [7, 11) is 0. The molecule has 3 rings (SSSR count). The summed E-state index contributed by atoms with van der Waals surface area (Å²) in [5.74, 6) is 0.317. The normalized spacial score (nSPS) is 14.1. The van der Waals surface area contributed by atoms with E-state index < -0.39 is 0 Å². The molecule has 1 aliphatic heterocycles. The van der Waals surface area contributed by atoms with Gasteiger partial charge in [-0.2, -0.15) is 5.26 Å². The number of hydrogen-bond donors (Lipinski definition) is 2. The maximum Gasteiger partial charge on any atom is 0.321 e. The highest BCUT2D eigenvalue weighted by atomic mass is 16.5. The summed E-state index contributed by atoms with van der Waals surface area (Å²) in [6.07, 6.45) is 2.92. The number of urea groups is 1. The molecule has 168 valence electrons. The van der Waals surface area contributed by atoms with Gasteiger partial charge < -0.3 is 20.3 Å². The van der Waals surface area contributed by atoms with Gasteiger partial charge in [0.05, 0.1) is 17.7 Å². The number of nitrogens with one attached hydrogen (secondary N) is 2. The van der Waals surface area contributed by atoms with E-state index in [-0.39, 0.29) is 18.0 Å². The summed E-state index contributed by atoms with van der Waals surface area (Å²) in [6.45, 7) is 6.42. The van der Waals surface area contributed by atoms with Crippen LogP contribution in [0.2, 0.25) is 0 Å². The van der Waals surface area contributed by atoms with Crippen molar-refractivity contribution in [3.05, 3.63) is 59.7 Å². The number of carbonyl (C=O) groups is 2. The number of benzene rings is 2. The van der Waals surface area contributed by atoms with Gasteiger partial charge in [-0.15, -0.1) is 0 Å². The molecule has 1 fully saturated rings. The van der Waals surface area contributed by atoms with E-state index in [2.05, 4.69) is 24.5 Å². The van der Waals surface area contributed by atoms with Crippen LogP contribution in [0.1, 0.15) is 49.0 Å². The fraction of sp³-hybridized carbons (Fsp3) is 0.400.